The summed E-state index contributed by atoms with van der Waals surface area (Å²) in [6, 6.07) is -1.63. The van der Waals surface area contributed by atoms with E-state index in [9.17, 15) is 27.6 Å². The van der Waals surface area contributed by atoms with E-state index in [0.717, 1.165) is 0 Å². The minimum atomic E-state index is -3.93. The number of amides is 2. The summed E-state index contributed by atoms with van der Waals surface area (Å²) in [7, 11) is -3.93. The van der Waals surface area contributed by atoms with E-state index in [0.29, 0.717) is 0 Å². The smallest absolute Gasteiger partial charge is 0.322 e. The highest BCUT2D eigenvalue weighted by molar-refractivity contribution is 7.89. The Bertz CT molecular complexity index is 593. The standard InChI is InChI=1S/C11H21N5O8S/c12-5-8(17)14-6-9(18)13-2-1-3-25(23,24)16-15-7(11(21)22)4-10(19)20/h7,15-16H,1-6,12H2,(H,13,18)(H,14,17)(H,19,20)(H,21,22)/t7-/m0/s1. The maximum atomic E-state index is 11.6. The number of hydrogen-bond acceptors (Lipinski definition) is 8. The number of hydrogen-bond donors (Lipinski definition) is 7. The van der Waals surface area contributed by atoms with Gasteiger partial charge in [-0.05, 0) is 6.42 Å². The molecule has 1 atom stereocenters. The van der Waals surface area contributed by atoms with Gasteiger partial charge in [0.05, 0.1) is 25.3 Å². The number of hydrazine groups is 1. The van der Waals surface area contributed by atoms with Crippen LogP contribution in [0.2, 0.25) is 0 Å². The highest BCUT2D eigenvalue weighted by atomic mass is 32.2. The number of sulfonamides is 1. The van der Waals surface area contributed by atoms with Crippen LogP contribution < -0.4 is 26.6 Å². The van der Waals surface area contributed by atoms with Gasteiger partial charge in [-0.3, -0.25) is 19.2 Å². The molecule has 0 aromatic carbocycles. The average Bonchev–Trinajstić information content (AvgIpc) is 2.52. The molecule has 0 rings (SSSR count). The van der Waals surface area contributed by atoms with Crippen molar-refractivity contribution in [2.45, 2.75) is 18.9 Å². The quantitative estimate of drug-likeness (QED) is 0.120. The molecule has 0 aromatic rings. The molecule has 13 nitrogen and oxygen atoms in total. The molecular weight excluding hydrogens is 362 g/mol. The summed E-state index contributed by atoms with van der Waals surface area (Å²) in [5.41, 5.74) is 6.94. The Morgan fingerprint density at radius 1 is 1.04 bits per heavy atom. The third-order valence-electron chi connectivity index (χ3n) is 2.61. The van der Waals surface area contributed by atoms with E-state index in [4.69, 9.17) is 15.9 Å². The molecule has 144 valence electrons. The predicted octanol–water partition coefficient (Wildman–Crippen LogP) is -4.08. The fraction of sp³-hybridized carbons (Fsp3) is 0.636. The first-order valence-electron chi connectivity index (χ1n) is 7.00. The molecule has 0 saturated heterocycles. The zero-order valence-corrected chi connectivity index (χ0v) is 14.0. The molecule has 0 aromatic heterocycles. The van der Waals surface area contributed by atoms with E-state index in [2.05, 4.69) is 10.6 Å². The Morgan fingerprint density at radius 2 is 1.68 bits per heavy atom. The minimum Gasteiger partial charge on any atom is -0.481 e. The lowest BCUT2D eigenvalue weighted by Crippen LogP contribution is -2.49. The second kappa shape index (κ2) is 11.3. The third-order valence-corrected chi connectivity index (χ3v) is 3.86. The fourth-order valence-electron chi connectivity index (χ4n) is 1.39. The lowest BCUT2D eigenvalue weighted by molar-refractivity contribution is -0.146. The number of carboxylic acids is 2. The largest absolute Gasteiger partial charge is 0.481 e. The van der Waals surface area contributed by atoms with Crippen molar-refractivity contribution in [2.75, 3.05) is 25.4 Å². The zero-order chi connectivity index (χ0) is 19.5. The van der Waals surface area contributed by atoms with E-state index in [-0.39, 0.29) is 26.1 Å². The van der Waals surface area contributed by atoms with Crippen molar-refractivity contribution in [2.24, 2.45) is 5.73 Å². The SMILES string of the molecule is NCC(=O)NCC(=O)NCCCS(=O)(=O)NN[C@@H](CC(=O)O)C(=O)O. The van der Waals surface area contributed by atoms with Gasteiger partial charge in [0.15, 0.2) is 0 Å². The summed E-state index contributed by atoms with van der Waals surface area (Å²) in [5.74, 6) is -4.44. The van der Waals surface area contributed by atoms with Crippen molar-refractivity contribution in [1.29, 1.82) is 0 Å². The molecule has 0 heterocycles. The van der Waals surface area contributed by atoms with Crippen molar-refractivity contribution in [3.63, 3.8) is 0 Å². The van der Waals surface area contributed by atoms with Gasteiger partial charge in [0.1, 0.15) is 6.04 Å². The van der Waals surface area contributed by atoms with Crippen molar-refractivity contribution >= 4 is 33.8 Å². The van der Waals surface area contributed by atoms with Crippen LogP contribution in [0.15, 0.2) is 0 Å². The molecule has 0 aliphatic heterocycles. The Kier molecular flexibility index (Phi) is 10.3. The van der Waals surface area contributed by atoms with Crippen LogP contribution in [0.3, 0.4) is 0 Å². The van der Waals surface area contributed by atoms with Gasteiger partial charge in [0.25, 0.3) is 0 Å². The lowest BCUT2D eigenvalue weighted by Gasteiger charge is -2.13. The van der Waals surface area contributed by atoms with Crippen LogP contribution in [0.5, 0.6) is 0 Å². The number of carboxylic acid groups (broad SMARTS) is 2. The summed E-state index contributed by atoms with van der Waals surface area (Å²) < 4.78 is 23.3. The normalized spacial score (nSPS) is 12.2. The highest BCUT2D eigenvalue weighted by Gasteiger charge is 2.22. The lowest BCUT2D eigenvalue weighted by atomic mass is 10.2. The Morgan fingerprint density at radius 3 is 2.20 bits per heavy atom. The molecule has 25 heavy (non-hydrogen) atoms. The van der Waals surface area contributed by atoms with Gasteiger partial charge in [-0.15, -0.1) is 0 Å². The number of nitrogens with one attached hydrogen (secondary N) is 4. The summed E-state index contributed by atoms with van der Waals surface area (Å²) in [5, 5.41) is 21.9. The second-order valence-electron chi connectivity index (χ2n) is 4.74. The van der Waals surface area contributed by atoms with E-state index in [1.165, 1.54) is 0 Å². The summed E-state index contributed by atoms with van der Waals surface area (Å²) in [6.45, 7) is -0.558. The molecule has 8 N–H and O–H groups in total. The van der Waals surface area contributed by atoms with Crippen molar-refractivity contribution in [3.8, 4) is 0 Å². The van der Waals surface area contributed by atoms with Crippen LogP contribution in [0.25, 0.3) is 0 Å². The number of carbonyl (C=O) groups excluding carboxylic acids is 2. The van der Waals surface area contributed by atoms with Gasteiger partial charge >= 0.3 is 11.9 Å². The molecule has 0 aliphatic rings. The first-order valence-corrected chi connectivity index (χ1v) is 8.65. The molecule has 0 bridgehead atoms. The minimum absolute atomic E-state index is 0.00422. The van der Waals surface area contributed by atoms with E-state index in [1.54, 1.807) is 4.83 Å². The third kappa shape index (κ3) is 11.8. The number of carbonyl (C=O) groups is 4. The zero-order valence-electron chi connectivity index (χ0n) is 13.1. The first-order chi connectivity index (χ1) is 11.6. The van der Waals surface area contributed by atoms with Crippen LogP contribution in [0.4, 0.5) is 0 Å². The molecule has 0 unspecified atom stereocenters. The van der Waals surface area contributed by atoms with Gasteiger partial charge in [0.2, 0.25) is 21.8 Å². The fourth-order valence-corrected chi connectivity index (χ4v) is 2.34. The summed E-state index contributed by atoms with van der Waals surface area (Å²) in [6.07, 6.45) is -0.813. The molecule has 0 aliphatic carbocycles. The van der Waals surface area contributed by atoms with Crippen LogP contribution in [0.1, 0.15) is 12.8 Å². The van der Waals surface area contributed by atoms with E-state index < -0.39 is 52.0 Å². The highest BCUT2D eigenvalue weighted by Crippen LogP contribution is 1.93. The number of aliphatic carboxylic acids is 2. The maximum Gasteiger partial charge on any atom is 0.322 e. The first kappa shape index (κ1) is 22.7. The van der Waals surface area contributed by atoms with Crippen molar-refractivity contribution in [1.82, 2.24) is 20.9 Å². The Balaban J connectivity index is 4.11. The van der Waals surface area contributed by atoms with Crippen LogP contribution in [-0.2, 0) is 29.2 Å². The van der Waals surface area contributed by atoms with Gasteiger partial charge in [-0.2, -0.15) is 4.83 Å². The van der Waals surface area contributed by atoms with Crippen LogP contribution in [-0.4, -0.2) is 73.8 Å². The van der Waals surface area contributed by atoms with Gasteiger partial charge in [-0.25, -0.2) is 13.8 Å². The Labute approximate surface area is 143 Å². The van der Waals surface area contributed by atoms with Crippen LogP contribution in [0, 0.1) is 0 Å². The van der Waals surface area contributed by atoms with Crippen molar-refractivity contribution in [3.05, 3.63) is 0 Å². The number of rotatable bonds is 13. The molecular formula is C11H21N5O8S. The van der Waals surface area contributed by atoms with Gasteiger partial charge in [0, 0.05) is 6.54 Å². The molecule has 0 fully saturated rings. The van der Waals surface area contributed by atoms with Crippen LogP contribution >= 0.6 is 0 Å². The molecule has 14 heteroatoms. The summed E-state index contributed by atoms with van der Waals surface area (Å²) in [4.78, 5) is 45.2. The van der Waals surface area contributed by atoms with E-state index >= 15 is 0 Å². The second-order valence-corrected chi connectivity index (χ2v) is 6.58. The molecule has 0 radical (unpaired) electrons. The topological polar surface area (TPSA) is 217 Å². The maximum absolute atomic E-state index is 11.6. The number of nitrogens with two attached hydrogens (primary N) is 1. The van der Waals surface area contributed by atoms with Gasteiger partial charge < -0.3 is 26.6 Å². The average molecular weight is 383 g/mol. The van der Waals surface area contributed by atoms with E-state index in [1.807, 2.05) is 5.43 Å². The molecule has 0 spiro atoms. The van der Waals surface area contributed by atoms with Gasteiger partial charge in [-0.1, -0.05) is 0 Å². The molecule has 2 amide bonds. The predicted molar refractivity (Wildman–Crippen MR) is 83.4 cm³/mol. The molecule has 0 saturated carbocycles. The monoisotopic (exact) mass is 383 g/mol. The van der Waals surface area contributed by atoms with Crippen molar-refractivity contribution < 1.29 is 37.8 Å². The summed E-state index contributed by atoms with van der Waals surface area (Å²) >= 11 is 0. The Hall–Kier alpha value is -2.29.